The minimum atomic E-state index is 0.340. The van der Waals surface area contributed by atoms with E-state index >= 15 is 0 Å². The summed E-state index contributed by atoms with van der Waals surface area (Å²) in [5.74, 6) is 1.22. The van der Waals surface area contributed by atoms with Gasteiger partial charge in [-0.15, -0.1) is 0 Å². The van der Waals surface area contributed by atoms with Crippen molar-refractivity contribution in [2.45, 2.75) is 117 Å². The Bertz CT molecular complexity index is 904. The van der Waals surface area contributed by atoms with Crippen molar-refractivity contribution in [2.24, 2.45) is 0 Å². The molecular formula is C33H57N5O. The molecule has 3 N–H and O–H groups in total. The van der Waals surface area contributed by atoms with Crippen molar-refractivity contribution >= 4 is 11.8 Å². The van der Waals surface area contributed by atoms with Gasteiger partial charge in [0, 0.05) is 44.0 Å². The van der Waals surface area contributed by atoms with Crippen LogP contribution in [0.1, 0.15) is 120 Å². The van der Waals surface area contributed by atoms with E-state index in [1.807, 2.05) is 6.92 Å². The second kappa shape index (κ2) is 20.7. The summed E-state index contributed by atoms with van der Waals surface area (Å²) >= 11 is 0. The van der Waals surface area contributed by atoms with Crippen LogP contribution >= 0.6 is 0 Å². The Balaban J connectivity index is 1.69. The zero-order chi connectivity index (χ0) is 28.1. The molecule has 0 fully saturated rings. The van der Waals surface area contributed by atoms with Gasteiger partial charge in [-0.2, -0.15) is 4.98 Å². The molecule has 0 saturated heterocycles. The Morgan fingerprint density at radius 2 is 1.46 bits per heavy atom. The fraction of sp³-hybridized carbons (Fsp3) is 0.697. The molecule has 0 atom stereocenters. The van der Waals surface area contributed by atoms with E-state index in [2.05, 4.69) is 65.3 Å². The number of nitrogens with one attached hydrogen (secondary N) is 1. The van der Waals surface area contributed by atoms with Crippen molar-refractivity contribution in [1.29, 1.82) is 0 Å². The molecule has 0 amide bonds. The Hall–Kier alpha value is -2.18. The van der Waals surface area contributed by atoms with Gasteiger partial charge in [-0.05, 0) is 57.3 Å². The molecule has 39 heavy (non-hydrogen) atoms. The highest BCUT2D eigenvalue weighted by atomic mass is 16.5. The van der Waals surface area contributed by atoms with Gasteiger partial charge >= 0.3 is 0 Å². The van der Waals surface area contributed by atoms with Crippen molar-refractivity contribution in [1.82, 2.24) is 14.9 Å². The number of unbranched alkanes of at least 4 members (excludes halogenated alkanes) is 10. The highest BCUT2D eigenvalue weighted by molar-refractivity contribution is 5.51. The number of nitrogens with two attached hydrogens (primary N) is 1. The number of aryl methyl sites for hydroxylation is 1. The number of ether oxygens (including phenoxy) is 1. The first kappa shape index (κ1) is 33.0. The standard InChI is InChI=1S/C33H57N5O/c1-5-7-9-16-23-39-24-17-13-11-10-12-15-22-38(4)27-30-20-18-19-29(25-30)26-31-28(3)36-33(34)37-32(31)35-21-14-8-6-2/h18-20,25H,5-17,21-24,26-27H2,1-4H3,(H3,34,35,36,37). The SMILES string of the molecule is CCCCCCOCCCCCCCCN(C)Cc1cccc(Cc2c(C)nc(N)nc2NCCCCC)c1. The molecule has 2 rings (SSSR count). The number of hydrogen-bond acceptors (Lipinski definition) is 6. The summed E-state index contributed by atoms with van der Waals surface area (Å²) in [4.78, 5) is 11.4. The van der Waals surface area contributed by atoms with Crippen LogP contribution in [-0.2, 0) is 17.7 Å². The summed E-state index contributed by atoms with van der Waals surface area (Å²) in [6.07, 6.45) is 17.3. The summed E-state index contributed by atoms with van der Waals surface area (Å²) in [5, 5.41) is 3.51. The predicted octanol–water partition coefficient (Wildman–Crippen LogP) is 7.93. The lowest BCUT2D eigenvalue weighted by molar-refractivity contribution is 0.125. The van der Waals surface area contributed by atoms with Crippen molar-refractivity contribution in [3.8, 4) is 0 Å². The van der Waals surface area contributed by atoms with E-state index in [9.17, 15) is 0 Å². The number of anilines is 2. The maximum Gasteiger partial charge on any atom is 0.222 e. The minimum absolute atomic E-state index is 0.340. The van der Waals surface area contributed by atoms with E-state index in [1.165, 1.54) is 88.2 Å². The first-order valence-electron chi connectivity index (χ1n) is 15.7. The van der Waals surface area contributed by atoms with E-state index in [1.54, 1.807) is 0 Å². The molecule has 0 unspecified atom stereocenters. The summed E-state index contributed by atoms with van der Waals surface area (Å²) in [7, 11) is 2.24. The lowest BCUT2D eigenvalue weighted by atomic mass is 10.0. The van der Waals surface area contributed by atoms with Gasteiger partial charge in [-0.3, -0.25) is 0 Å². The lowest BCUT2D eigenvalue weighted by Crippen LogP contribution is -2.19. The molecule has 6 heteroatoms. The Kier molecular flexibility index (Phi) is 17.5. The van der Waals surface area contributed by atoms with E-state index < -0.39 is 0 Å². The third-order valence-electron chi connectivity index (χ3n) is 7.35. The Morgan fingerprint density at radius 3 is 2.21 bits per heavy atom. The number of hydrogen-bond donors (Lipinski definition) is 2. The van der Waals surface area contributed by atoms with Gasteiger partial charge in [0.25, 0.3) is 0 Å². The molecule has 0 spiro atoms. The molecule has 1 heterocycles. The van der Waals surface area contributed by atoms with Crippen molar-refractivity contribution in [3.63, 3.8) is 0 Å². The Morgan fingerprint density at radius 1 is 0.821 bits per heavy atom. The van der Waals surface area contributed by atoms with Gasteiger partial charge in [0.05, 0.1) is 0 Å². The molecule has 0 saturated carbocycles. The summed E-state index contributed by atoms with van der Waals surface area (Å²) in [6.45, 7) is 11.4. The first-order valence-corrected chi connectivity index (χ1v) is 15.7. The number of benzene rings is 1. The second-order valence-corrected chi connectivity index (χ2v) is 11.2. The van der Waals surface area contributed by atoms with E-state index in [4.69, 9.17) is 10.5 Å². The van der Waals surface area contributed by atoms with Gasteiger partial charge in [-0.1, -0.05) is 95.9 Å². The van der Waals surface area contributed by atoms with Gasteiger partial charge in [-0.25, -0.2) is 4.98 Å². The topological polar surface area (TPSA) is 76.3 Å². The largest absolute Gasteiger partial charge is 0.381 e. The first-order chi connectivity index (χ1) is 19.0. The molecule has 1 aromatic carbocycles. The van der Waals surface area contributed by atoms with Crippen LogP contribution in [0.25, 0.3) is 0 Å². The zero-order valence-corrected chi connectivity index (χ0v) is 25.6. The normalized spacial score (nSPS) is 11.4. The third kappa shape index (κ3) is 14.7. The number of nitrogens with zero attached hydrogens (tertiary/aromatic N) is 3. The zero-order valence-electron chi connectivity index (χ0n) is 25.6. The fourth-order valence-electron chi connectivity index (χ4n) is 5.02. The van der Waals surface area contributed by atoms with E-state index in [-0.39, 0.29) is 0 Å². The van der Waals surface area contributed by atoms with Crippen LogP contribution < -0.4 is 11.1 Å². The lowest BCUT2D eigenvalue weighted by Gasteiger charge is -2.18. The smallest absolute Gasteiger partial charge is 0.222 e. The fourth-order valence-corrected chi connectivity index (χ4v) is 5.02. The molecule has 220 valence electrons. The number of rotatable bonds is 23. The maximum atomic E-state index is 5.97. The van der Waals surface area contributed by atoms with Crippen LogP contribution in [0.2, 0.25) is 0 Å². The number of nitrogen functional groups attached to an aromatic ring is 1. The molecular weight excluding hydrogens is 482 g/mol. The quantitative estimate of drug-likeness (QED) is 0.140. The van der Waals surface area contributed by atoms with Crippen LogP contribution in [-0.4, -0.2) is 48.2 Å². The molecule has 0 bridgehead atoms. The molecule has 0 aliphatic heterocycles. The Labute approximate surface area is 239 Å². The molecule has 2 aromatic rings. The average Bonchev–Trinajstić information content (AvgIpc) is 2.91. The summed E-state index contributed by atoms with van der Waals surface area (Å²) in [6, 6.07) is 8.95. The van der Waals surface area contributed by atoms with Crippen LogP contribution in [0.5, 0.6) is 0 Å². The maximum absolute atomic E-state index is 5.97. The highest BCUT2D eigenvalue weighted by Gasteiger charge is 2.12. The van der Waals surface area contributed by atoms with Gasteiger partial charge in [0.15, 0.2) is 0 Å². The molecule has 0 radical (unpaired) electrons. The van der Waals surface area contributed by atoms with Crippen molar-refractivity contribution < 1.29 is 4.74 Å². The molecule has 0 aliphatic rings. The third-order valence-corrected chi connectivity index (χ3v) is 7.35. The summed E-state index contributed by atoms with van der Waals surface area (Å²) < 4.78 is 5.76. The van der Waals surface area contributed by atoms with Crippen LogP contribution in [0.3, 0.4) is 0 Å². The van der Waals surface area contributed by atoms with Crippen molar-refractivity contribution in [2.75, 3.05) is 44.4 Å². The predicted molar refractivity (Wildman–Crippen MR) is 167 cm³/mol. The highest BCUT2D eigenvalue weighted by Crippen LogP contribution is 2.22. The number of aromatic nitrogens is 2. The minimum Gasteiger partial charge on any atom is -0.381 e. The van der Waals surface area contributed by atoms with Crippen LogP contribution in [0.4, 0.5) is 11.8 Å². The molecule has 0 aliphatic carbocycles. The van der Waals surface area contributed by atoms with Gasteiger partial charge < -0.3 is 20.7 Å². The van der Waals surface area contributed by atoms with E-state index in [0.29, 0.717) is 5.95 Å². The van der Waals surface area contributed by atoms with Gasteiger partial charge in [0.1, 0.15) is 5.82 Å². The van der Waals surface area contributed by atoms with E-state index in [0.717, 1.165) is 62.8 Å². The van der Waals surface area contributed by atoms with Crippen LogP contribution in [0, 0.1) is 6.92 Å². The molecule has 1 aromatic heterocycles. The molecule has 6 nitrogen and oxygen atoms in total. The summed E-state index contributed by atoms with van der Waals surface area (Å²) in [5.41, 5.74) is 10.7. The second-order valence-electron chi connectivity index (χ2n) is 11.2. The average molecular weight is 540 g/mol. The monoisotopic (exact) mass is 539 g/mol. The van der Waals surface area contributed by atoms with Crippen LogP contribution in [0.15, 0.2) is 24.3 Å². The van der Waals surface area contributed by atoms with Gasteiger partial charge in [0.2, 0.25) is 5.95 Å². The van der Waals surface area contributed by atoms with Crippen molar-refractivity contribution in [3.05, 3.63) is 46.6 Å².